The first-order valence-corrected chi connectivity index (χ1v) is 13.7. The highest BCUT2D eigenvalue weighted by atomic mass is 16.3. The molecule has 0 fully saturated rings. The van der Waals surface area contributed by atoms with Gasteiger partial charge in [-0.3, -0.25) is 24.0 Å². The SMILES string of the molecule is CNCC(=O)N[C@@H](CO)C(=O)N[C@@H](CCCCN)C(=O)N[C@@H](CCCCN)C(=O)N[C@@H](CCCCN)C(C)=O. The van der Waals surface area contributed by atoms with Crippen LogP contribution < -0.4 is 43.8 Å². The normalized spacial score (nSPS) is 14.0. The number of carbonyl (C=O) groups excluding carboxylic acids is 5. The van der Waals surface area contributed by atoms with Crippen LogP contribution in [0.5, 0.6) is 0 Å². The van der Waals surface area contributed by atoms with Crippen LogP contribution in [0.4, 0.5) is 0 Å². The zero-order valence-electron chi connectivity index (χ0n) is 23.4. The van der Waals surface area contributed by atoms with Crippen LogP contribution in [0.2, 0.25) is 0 Å². The molecule has 0 aliphatic heterocycles. The van der Waals surface area contributed by atoms with Crippen molar-refractivity contribution in [3.63, 3.8) is 0 Å². The summed E-state index contributed by atoms with van der Waals surface area (Å²) in [6, 6.07) is -3.97. The van der Waals surface area contributed by atoms with Gasteiger partial charge >= 0.3 is 0 Å². The Labute approximate surface area is 231 Å². The van der Waals surface area contributed by atoms with Crippen molar-refractivity contribution in [3.05, 3.63) is 0 Å². The second-order valence-electron chi connectivity index (χ2n) is 9.48. The molecule has 0 unspecified atom stereocenters. The van der Waals surface area contributed by atoms with E-state index in [-0.39, 0.29) is 25.2 Å². The average Bonchev–Trinajstić information content (AvgIpc) is 2.90. The number of Topliss-reactive ketones (excluding diaryl/α,β-unsaturated/α-hetero) is 1. The Balaban J connectivity index is 5.62. The lowest BCUT2D eigenvalue weighted by molar-refractivity contribution is -0.135. The van der Waals surface area contributed by atoms with Crippen LogP contribution in [0, 0.1) is 0 Å². The minimum Gasteiger partial charge on any atom is -0.394 e. The fraction of sp³-hybridized carbons (Fsp3) is 0.800. The van der Waals surface area contributed by atoms with Crippen molar-refractivity contribution in [1.82, 2.24) is 26.6 Å². The fourth-order valence-corrected chi connectivity index (χ4v) is 3.81. The summed E-state index contributed by atoms with van der Waals surface area (Å²) in [6.45, 7) is 1.95. The monoisotopic (exact) mass is 558 g/mol. The summed E-state index contributed by atoms with van der Waals surface area (Å²) in [7, 11) is 1.56. The van der Waals surface area contributed by atoms with Gasteiger partial charge in [-0.25, -0.2) is 0 Å². The van der Waals surface area contributed by atoms with Gasteiger partial charge < -0.3 is 48.9 Å². The molecular weight excluding hydrogens is 508 g/mol. The first-order valence-electron chi connectivity index (χ1n) is 13.7. The molecule has 4 amide bonds. The van der Waals surface area contributed by atoms with Gasteiger partial charge in [0.05, 0.1) is 19.2 Å². The Morgan fingerprint density at radius 3 is 1.36 bits per heavy atom. The maximum absolute atomic E-state index is 13.3. The van der Waals surface area contributed by atoms with Crippen molar-refractivity contribution in [2.75, 3.05) is 39.8 Å². The van der Waals surface area contributed by atoms with E-state index in [2.05, 4.69) is 26.6 Å². The summed E-state index contributed by atoms with van der Waals surface area (Å²) in [5, 5.41) is 22.7. The van der Waals surface area contributed by atoms with E-state index in [1.807, 2.05) is 0 Å². The van der Waals surface area contributed by atoms with E-state index in [4.69, 9.17) is 17.2 Å². The Bertz CT molecular complexity index is 754. The number of unbranched alkanes of at least 4 members (excludes halogenated alkanes) is 3. The van der Waals surface area contributed by atoms with Gasteiger partial charge in [0.15, 0.2) is 5.78 Å². The van der Waals surface area contributed by atoms with E-state index in [0.717, 1.165) is 0 Å². The van der Waals surface area contributed by atoms with Gasteiger partial charge in [0, 0.05) is 0 Å². The van der Waals surface area contributed by atoms with Crippen molar-refractivity contribution in [2.45, 2.75) is 88.9 Å². The quantitative estimate of drug-likeness (QED) is 0.0579. The Kier molecular flexibility index (Phi) is 20.7. The van der Waals surface area contributed by atoms with Crippen LogP contribution in [-0.4, -0.2) is 98.5 Å². The van der Waals surface area contributed by atoms with Gasteiger partial charge in [0.2, 0.25) is 23.6 Å². The highest BCUT2D eigenvalue weighted by Gasteiger charge is 2.30. The van der Waals surface area contributed by atoms with Crippen molar-refractivity contribution >= 4 is 29.4 Å². The molecule has 12 N–H and O–H groups in total. The van der Waals surface area contributed by atoms with Gasteiger partial charge in [-0.1, -0.05) is 0 Å². The lowest BCUT2D eigenvalue weighted by Gasteiger charge is -2.26. The topological polar surface area (TPSA) is 244 Å². The summed E-state index contributed by atoms with van der Waals surface area (Å²) in [4.78, 5) is 63.2. The minimum atomic E-state index is -1.26. The summed E-state index contributed by atoms with van der Waals surface area (Å²) in [5.41, 5.74) is 16.7. The number of ketones is 1. The second-order valence-corrected chi connectivity index (χ2v) is 9.48. The average molecular weight is 559 g/mol. The molecule has 4 atom stereocenters. The smallest absolute Gasteiger partial charge is 0.245 e. The third-order valence-electron chi connectivity index (χ3n) is 6.09. The maximum atomic E-state index is 13.3. The number of aliphatic hydroxyl groups is 1. The fourth-order valence-electron chi connectivity index (χ4n) is 3.81. The number of amides is 4. The predicted molar refractivity (Wildman–Crippen MR) is 148 cm³/mol. The van der Waals surface area contributed by atoms with Crippen LogP contribution in [0.25, 0.3) is 0 Å². The molecule has 0 rings (SSSR count). The van der Waals surface area contributed by atoms with Crippen molar-refractivity contribution in [3.8, 4) is 0 Å². The summed E-state index contributed by atoms with van der Waals surface area (Å²) >= 11 is 0. The number of nitrogens with one attached hydrogen (secondary N) is 5. The van der Waals surface area contributed by atoms with E-state index in [9.17, 15) is 29.1 Å². The molecule has 0 bridgehead atoms. The molecule has 0 saturated heterocycles. The van der Waals surface area contributed by atoms with Gasteiger partial charge in [-0.15, -0.1) is 0 Å². The van der Waals surface area contributed by atoms with Crippen LogP contribution in [0.15, 0.2) is 0 Å². The molecule has 0 heterocycles. The lowest BCUT2D eigenvalue weighted by Crippen LogP contribution is -2.58. The molecule has 0 aliphatic carbocycles. The summed E-state index contributed by atoms with van der Waals surface area (Å²) in [5.74, 6) is -2.55. The molecular formula is C25H50N8O6. The van der Waals surface area contributed by atoms with E-state index >= 15 is 0 Å². The Morgan fingerprint density at radius 2 is 1.00 bits per heavy atom. The number of nitrogens with two attached hydrogens (primary N) is 3. The molecule has 0 aromatic carbocycles. The Morgan fingerprint density at radius 1 is 0.615 bits per heavy atom. The number of aliphatic hydroxyl groups excluding tert-OH is 1. The van der Waals surface area contributed by atoms with Gasteiger partial charge in [-0.2, -0.15) is 0 Å². The van der Waals surface area contributed by atoms with Crippen LogP contribution in [-0.2, 0) is 24.0 Å². The molecule has 0 aromatic rings. The van der Waals surface area contributed by atoms with E-state index in [1.165, 1.54) is 6.92 Å². The van der Waals surface area contributed by atoms with Crippen LogP contribution >= 0.6 is 0 Å². The van der Waals surface area contributed by atoms with E-state index < -0.39 is 54.4 Å². The number of carbonyl (C=O) groups is 5. The molecule has 14 nitrogen and oxygen atoms in total. The number of likely N-dealkylation sites (N-methyl/N-ethyl adjacent to an activating group) is 1. The van der Waals surface area contributed by atoms with Gasteiger partial charge in [0.25, 0.3) is 0 Å². The Hall–Kier alpha value is -2.65. The molecule has 226 valence electrons. The molecule has 0 saturated carbocycles. The molecule has 14 heteroatoms. The maximum Gasteiger partial charge on any atom is 0.245 e. The van der Waals surface area contributed by atoms with Crippen LogP contribution in [0.1, 0.15) is 64.7 Å². The lowest BCUT2D eigenvalue weighted by atomic mass is 10.0. The number of rotatable bonds is 23. The standard InChI is InChI=1S/C25H50N8O6/c1-17(35)18(9-3-6-12-26)31-23(37)19(10-4-7-13-27)32-24(38)20(11-5-8-14-28)33-25(39)21(16-34)30-22(36)15-29-2/h18-21,29,34H,3-16,26-28H2,1-2H3,(H,30,36)(H,31,37)(H,32,38)(H,33,39)/t18-,19-,20-,21-/m0/s1. The van der Waals surface area contributed by atoms with Crippen molar-refractivity contribution in [1.29, 1.82) is 0 Å². The number of hydrogen-bond donors (Lipinski definition) is 9. The van der Waals surface area contributed by atoms with Gasteiger partial charge in [-0.05, 0) is 91.4 Å². The van der Waals surface area contributed by atoms with Crippen molar-refractivity contribution in [2.24, 2.45) is 17.2 Å². The minimum absolute atomic E-state index is 0.0583. The highest BCUT2D eigenvalue weighted by molar-refractivity contribution is 5.95. The molecule has 0 spiro atoms. The van der Waals surface area contributed by atoms with Crippen LogP contribution in [0.3, 0.4) is 0 Å². The number of hydrogen-bond acceptors (Lipinski definition) is 10. The second kappa shape index (κ2) is 22.2. The van der Waals surface area contributed by atoms with Crippen molar-refractivity contribution < 1.29 is 29.1 Å². The van der Waals surface area contributed by atoms with Gasteiger partial charge in [0.1, 0.15) is 18.1 Å². The largest absolute Gasteiger partial charge is 0.394 e. The molecule has 0 aromatic heterocycles. The highest BCUT2D eigenvalue weighted by Crippen LogP contribution is 2.08. The molecule has 39 heavy (non-hydrogen) atoms. The summed E-state index contributed by atoms with van der Waals surface area (Å²) < 4.78 is 0. The van der Waals surface area contributed by atoms with E-state index in [1.54, 1.807) is 7.05 Å². The zero-order valence-corrected chi connectivity index (χ0v) is 23.4. The predicted octanol–water partition coefficient (Wildman–Crippen LogP) is -2.89. The molecule has 0 radical (unpaired) electrons. The zero-order chi connectivity index (χ0) is 29.6. The first kappa shape index (κ1) is 36.4. The first-order chi connectivity index (χ1) is 18.6. The third kappa shape index (κ3) is 16.1. The third-order valence-corrected chi connectivity index (χ3v) is 6.09. The summed E-state index contributed by atoms with van der Waals surface area (Å²) in [6.07, 6.45) is 4.63. The van der Waals surface area contributed by atoms with E-state index in [0.29, 0.717) is 64.6 Å². The molecule has 0 aliphatic rings.